The summed E-state index contributed by atoms with van der Waals surface area (Å²) in [6.07, 6.45) is -0.164. The third-order valence-electron chi connectivity index (χ3n) is 4.06. The van der Waals surface area contributed by atoms with E-state index >= 15 is 0 Å². The molecule has 1 heterocycles. The summed E-state index contributed by atoms with van der Waals surface area (Å²) in [5.41, 5.74) is 0.261. The van der Waals surface area contributed by atoms with Gasteiger partial charge in [-0.3, -0.25) is 19.7 Å². The summed E-state index contributed by atoms with van der Waals surface area (Å²) in [6.45, 7) is 1.67. The van der Waals surface area contributed by atoms with Crippen LogP contribution >= 0.6 is 11.8 Å². The van der Waals surface area contributed by atoms with Gasteiger partial charge in [0.1, 0.15) is 5.69 Å². The number of aromatic carboxylic acids is 1. The SMILES string of the molecule is Cc1ccc(N2C(=O)C[C@@H](Sc3ccccc3C(=O)O)C2=O)c([N+](=O)[O-])c1. The molecule has 0 aliphatic carbocycles. The fourth-order valence-electron chi connectivity index (χ4n) is 2.82. The fourth-order valence-corrected chi connectivity index (χ4v) is 4.00. The number of hydrogen-bond donors (Lipinski definition) is 1. The van der Waals surface area contributed by atoms with E-state index in [1.54, 1.807) is 31.2 Å². The number of aryl methyl sites for hydroxylation is 1. The summed E-state index contributed by atoms with van der Waals surface area (Å²) in [7, 11) is 0. The number of anilines is 1. The van der Waals surface area contributed by atoms with Crippen LogP contribution < -0.4 is 4.90 Å². The minimum Gasteiger partial charge on any atom is -0.478 e. The maximum absolute atomic E-state index is 12.8. The molecule has 138 valence electrons. The van der Waals surface area contributed by atoms with Crippen LogP contribution in [0.3, 0.4) is 0 Å². The molecule has 1 fully saturated rings. The number of carbonyl (C=O) groups is 3. The quantitative estimate of drug-likeness (QED) is 0.477. The Kier molecular flexibility index (Phi) is 4.95. The normalized spacial score (nSPS) is 16.6. The van der Waals surface area contributed by atoms with Gasteiger partial charge in [0.15, 0.2) is 0 Å². The lowest BCUT2D eigenvalue weighted by Gasteiger charge is -2.15. The van der Waals surface area contributed by atoms with Crippen LogP contribution in [-0.4, -0.2) is 33.1 Å². The predicted octanol–water partition coefficient (Wildman–Crippen LogP) is 3.03. The van der Waals surface area contributed by atoms with Crippen LogP contribution in [0.25, 0.3) is 0 Å². The Morgan fingerprint density at radius 2 is 1.96 bits per heavy atom. The van der Waals surface area contributed by atoms with E-state index in [9.17, 15) is 29.6 Å². The number of nitro groups is 1. The van der Waals surface area contributed by atoms with Crippen molar-refractivity contribution in [2.24, 2.45) is 0 Å². The smallest absolute Gasteiger partial charge is 0.336 e. The average Bonchev–Trinajstić information content (AvgIpc) is 2.89. The van der Waals surface area contributed by atoms with Gasteiger partial charge in [-0.15, -0.1) is 11.8 Å². The Hall–Kier alpha value is -3.20. The van der Waals surface area contributed by atoms with Gasteiger partial charge in [0.2, 0.25) is 11.8 Å². The first-order chi connectivity index (χ1) is 12.8. The van der Waals surface area contributed by atoms with Crippen molar-refractivity contribution in [3.05, 3.63) is 63.7 Å². The molecule has 1 aliphatic rings. The standard InChI is InChI=1S/C18H14N2O6S/c1-10-6-7-12(13(8-10)20(25)26)19-16(21)9-15(17(19)22)27-14-5-3-2-4-11(14)18(23)24/h2-8,15H,9H2,1H3,(H,23,24)/t15-/m1/s1. The molecule has 9 heteroatoms. The van der Waals surface area contributed by atoms with Crippen LogP contribution in [-0.2, 0) is 9.59 Å². The van der Waals surface area contributed by atoms with Crippen LogP contribution in [0.1, 0.15) is 22.3 Å². The van der Waals surface area contributed by atoms with Gasteiger partial charge in [-0.2, -0.15) is 0 Å². The van der Waals surface area contributed by atoms with Crippen molar-refractivity contribution in [1.29, 1.82) is 0 Å². The molecule has 3 rings (SSSR count). The van der Waals surface area contributed by atoms with Crippen molar-refractivity contribution >= 4 is 40.9 Å². The van der Waals surface area contributed by atoms with E-state index in [0.717, 1.165) is 16.7 Å². The van der Waals surface area contributed by atoms with Gasteiger partial charge in [0.05, 0.1) is 15.7 Å². The molecule has 1 N–H and O–H groups in total. The maximum atomic E-state index is 12.8. The van der Waals surface area contributed by atoms with E-state index in [0.29, 0.717) is 10.5 Å². The number of benzene rings is 2. The number of carbonyl (C=O) groups excluding carboxylic acids is 2. The van der Waals surface area contributed by atoms with E-state index in [2.05, 4.69) is 0 Å². The number of imide groups is 1. The van der Waals surface area contributed by atoms with Crippen LogP contribution in [0, 0.1) is 17.0 Å². The van der Waals surface area contributed by atoms with Gasteiger partial charge < -0.3 is 5.11 Å². The monoisotopic (exact) mass is 386 g/mol. The number of nitro benzene ring substituents is 1. The summed E-state index contributed by atoms with van der Waals surface area (Å²) in [6, 6.07) is 10.4. The van der Waals surface area contributed by atoms with Gasteiger partial charge in [-0.1, -0.05) is 18.2 Å². The molecule has 8 nitrogen and oxygen atoms in total. The molecule has 0 radical (unpaired) electrons. The van der Waals surface area contributed by atoms with Gasteiger partial charge >= 0.3 is 5.97 Å². The van der Waals surface area contributed by atoms with Gasteiger partial charge in [-0.25, -0.2) is 9.69 Å². The second kappa shape index (κ2) is 7.20. The third-order valence-corrected chi connectivity index (χ3v) is 5.32. The molecule has 0 aromatic heterocycles. The first-order valence-electron chi connectivity index (χ1n) is 7.90. The number of amides is 2. The number of rotatable bonds is 5. The summed E-state index contributed by atoms with van der Waals surface area (Å²) in [4.78, 5) is 48.4. The highest BCUT2D eigenvalue weighted by molar-refractivity contribution is 8.00. The molecule has 27 heavy (non-hydrogen) atoms. The minimum atomic E-state index is -1.14. The van der Waals surface area contributed by atoms with Crippen molar-refractivity contribution in [2.75, 3.05) is 4.90 Å². The molecule has 2 aromatic carbocycles. The molecule has 0 unspecified atom stereocenters. The third kappa shape index (κ3) is 3.54. The predicted molar refractivity (Wildman–Crippen MR) is 98.0 cm³/mol. The largest absolute Gasteiger partial charge is 0.478 e. The van der Waals surface area contributed by atoms with Crippen molar-refractivity contribution in [2.45, 2.75) is 23.5 Å². The summed E-state index contributed by atoms with van der Waals surface area (Å²) in [5, 5.41) is 19.7. The lowest BCUT2D eigenvalue weighted by atomic mass is 10.2. The fraction of sp³-hybridized carbons (Fsp3) is 0.167. The van der Waals surface area contributed by atoms with Crippen LogP contribution in [0.2, 0.25) is 0 Å². The summed E-state index contributed by atoms with van der Waals surface area (Å²) >= 11 is 0.971. The van der Waals surface area contributed by atoms with Crippen molar-refractivity contribution < 1.29 is 24.4 Å². The summed E-state index contributed by atoms with van der Waals surface area (Å²) < 4.78 is 0. The van der Waals surface area contributed by atoms with Crippen LogP contribution in [0.5, 0.6) is 0 Å². The number of carboxylic acid groups (broad SMARTS) is 1. The molecule has 0 bridgehead atoms. The zero-order chi connectivity index (χ0) is 19.7. The molecular weight excluding hydrogens is 372 g/mol. The Morgan fingerprint density at radius 3 is 2.63 bits per heavy atom. The van der Waals surface area contributed by atoms with E-state index in [1.165, 1.54) is 18.2 Å². The number of thioether (sulfide) groups is 1. The number of hydrogen-bond acceptors (Lipinski definition) is 6. The van der Waals surface area contributed by atoms with Gasteiger partial charge in [-0.05, 0) is 30.7 Å². The Balaban J connectivity index is 1.93. The Morgan fingerprint density at radius 1 is 1.26 bits per heavy atom. The van der Waals surface area contributed by atoms with Crippen LogP contribution in [0.15, 0.2) is 47.4 Å². The van der Waals surface area contributed by atoms with Gasteiger partial charge in [0.25, 0.3) is 5.69 Å². The van der Waals surface area contributed by atoms with E-state index in [4.69, 9.17) is 0 Å². The molecule has 0 saturated carbocycles. The molecule has 0 spiro atoms. The average molecular weight is 386 g/mol. The van der Waals surface area contributed by atoms with E-state index in [1.807, 2.05) is 0 Å². The second-order valence-corrected chi connectivity index (χ2v) is 7.17. The molecule has 2 aromatic rings. The first kappa shape index (κ1) is 18.6. The maximum Gasteiger partial charge on any atom is 0.336 e. The van der Waals surface area contributed by atoms with Crippen molar-refractivity contribution in [1.82, 2.24) is 0 Å². The molecule has 1 saturated heterocycles. The molecule has 1 atom stereocenters. The highest BCUT2D eigenvalue weighted by Gasteiger charge is 2.43. The minimum absolute atomic E-state index is 0.0301. The van der Waals surface area contributed by atoms with Gasteiger partial charge in [0, 0.05) is 17.4 Å². The molecular formula is C18H14N2O6S. The Labute approximate surface area is 157 Å². The second-order valence-electron chi connectivity index (χ2n) is 5.93. The highest BCUT2D eigenvalue weighted by atomic mass is 32.2. The lowest BCUT2D eigenvalue weighted by Crippen LogP contribution is -2.31. The Bertz CT molecular complexity index is 974. The number of nitrogens with zero attached hydrogens (tertiary/aromatic N) is 2. The van der Waals surface area contributed by atoms with Crippen LogP contribution in [0.4, 0.5) is 11.4 Å². The van der Waals surface area contributed by atoms with Crippen molar-refractivity contribution in [3.63, 3.8) is 0 Å². The molecule has 1 aliphatic heterocycles. The number of carboxylic acids is 1. The van der Waals surface area contributed by atoms with E-state index < -0.39 is 28.0 Å². The topological polar surface area (TPSA) is 118 Å². The molecule has 2 amide bonds. The lowest BCUT2D eigenvalue weighted by molar-refractivity contribution is -0.384. The zero-order valence-electron chi connectivity index (χ0n) is 14.1. The van der Waals surface area contributed by atoms with Crippen molar-refractivity contribution in [3.8, 4) is 0 Å². The first-order valence-corrected chi connectivity index (χ1v) is 8.78. The van der Waals surface area contributed by atoms with E-state index in [-0.39, 0.29) is 23.4 Å². The summed E-state index contributed by atoms with van der Waals surface area (Å²) in [5.74, 6) is -2.30. The zero-order valence-corrected chi connectivity index (χ0v) is 14.9. The highest BCUT2D eigenvalue weighted by Crippen LogP contribution is 2.38.